The van der Waals surface area contributed by atoms with Gasteiger partial charge in [-0.2, -0.15) is 0 Å². The predicted molar refractivity (Wildman–Crippen MR) is 118 cm³/mol. The molecule has 1 amide bonds. The first-order chi connectivity index (χ1) is 16.2. The van der Waals surface area contributed by atoms with E-state index in [1.807, 2.05) is 12.1 Å². The molecule has 182 valence electrons. The van der Waals surface area contributed by atoms with E-state index in [2.05, 4.69) is 4.90 Å². The summed E-state index contributed by atoms with van der Waals surface area (Å²) in [5.74, 6) is -2.53. The van der Waals surface area contributed by atoms with E-state index in [-0.39, 0.29) is 24.3 Å². The standard InChI is InChI=1S/C24H28N2O8/c1-32-15-7-4-6-14-17(15)26(21(30)34-3)24(31,20(29)33-2)16-8-10-22(19(27)28)9-5-12-25-13-11-23(14,16)18(22)25/h4-7,9,16,18,31H,8,10-13H2,1-3H3,(H,27,28)/t16-,18-,22-,23-,24-/m0/s1. The summed E-state index contributed by atoms with van der Waals surface area (Å²) in [6.07, 6.45) is 3.57. The van der Waals surface area contributed by atoms with Crippen LogP contribution < -0.4 is 9.64 Å². The molecule has 1 aromatic rings. The Kier molecular flexibility index (Phi) is 4.96. The minimum absolute atomic E-state index is 0.177. The monoisotopic (exact) mass is 472 g/mol. The summed E-state index contributed by atoms with van der Waals surface area (Å²) < 4.78 is 15.6. The number of carbonyl (C=O) groups is 3. The lowest BCUT2D eigenvalue weighted by Gasteiger charge is -2.62. The number of hydrogen-bond donors (Lipinski definition) is 2. The van der Waals surface area contributed by atoms with Crippen molar-refractivity contribution in [3.63, 3.8) is 0 Å². The SMILES string of the molecule is COC(=O)N1c2c(OC)cccc2[C@@]23CCN4CC=C[C@](C(=O)O)(CC[C@@H]2[C@]1(O)C(=O)OC)[C@H]43. The Hall–Kier alpha value is -3.11. The molecule has 3 aliphatic heterocycles. The molecule has 34 heavy (non-hydrogen) atoms. The van der Waals surface area contributed by atoms with Gasteiger partial charge in [0.2, 0.25) is 0 Å². The number of amides is 1. The van der Waals surface area contributed by atoms with Gasteiger partial charge in [0.25, 0.3) is 5.72 Å². The summed E-state index contributed by atoms with van der Waals surface area (Å²) in [5.41, 5.74) is -3.73. The number of fused-ring (bicyclic) bond motifs is 1. The van der Waals surface area contributed by atoms with Crippen molar-refractivity contribution in [2.45, 2.75) is 36.4 Å². The van der Waals surface area contributed by atoms with Crippen molar-refractivity contribution in [3.05, 3.63) is 35.9 Å². The lowest BCUT2D eigenvalue weighted by molar-refractivity contribution is -0.183. The first-order valence-corrected chi connectivity index (χ1v) is 11.3. The molecule has 0 radical (unpaired) electrons. The van der Waals surface area contributed by atoms with Gasteiger partial charge >= 0.3 is 18.0 Å². The van der Waals surface area contributed by atoms with Gasteiger partial charge < -0.3 is 24.4 Å². The number of aliphatic carboxylic acids is 1. The fraction of sp³-hybridized carbons (Fsp3) is 0.542. The van der Waals surface area contributed by atoms with Crippen molar-refractivity contribution in [2.75, 3.05) is 39.3 Å². The van der Waals surface area contributed by atoms with Crippen molar-refractivity contribution in [1.82, 2.24) is 4.90 Å². The molecule has 1 spiro atoms. The molecule has 0 aromatic heterocycles. The van der Waals surface area contributed by atoms with Gasteiger partial charge in [0.15, 0.2) is 0 Å². The third kappa shape index (κ3) is 2.44. The highest BCUT2D eigenvalue weighted by Crippen LogP contribution is 2.67. The third-order valence-corrected chi connectivity index (χ3v) is 8.39. The number of benzene rings is 1. The molecule has 1 aromatic carbocycles. The summed E-state index contributed by atoms with van der Waals surface area (Å²) in [6.45, 7) is 1.14. The molecule has 0 bridgehead atoms. The van der Waals surface area contributed by atoms with Gasteiger partial charge in [-0.25, -0.2) is 14.5 Å². The molecular formula is C24H28N2O8. The maximum atomic E-state index is 13.3. The van der Waals surface area contributed by atoms with Crippen LogP contribution >= 0.6 is 0 Å². The van der Waals surface area contributed by atoms with Crippen LogP contribution in [0.3, 0.4) is 0 Å². The molecule has 1 aliphatic carbocycles. The number of para-hydroxylation sites is 1. The van der Waals surface area contributed by atoms with Crippen LogP contribution in [0.1, 0.15) is 24.8 Å². The number of esters is 1. The average Bonchev–Trinajstić information content (AvgIpc) is 3.24. The molecule has 1 saturated carbocycles. The van der Waals surface area contributed by atoms with Gasteiger partial charge in [-0.05, 0) is 37.4 Å². The van der Waals surface area contributed by atoms with E-state index in [0.717, 1.165) is 12.0 Å². The topological polar surface area (TPSA) is 126 Å². The quantitative estimate of drug-likeness (QED) is 0.497. The summed E-state index contributed by atoms with van der Waals surface area (Å²) in [7, 11) is 3.74. The molecule has 2 N–H and O–H groups in total. The predicted octanol–water partition coefficient (Wildman–Crippen LogP) is 1.51. The van der Waals surface area contributed by atoms with Crippen LogP contribution in [-0.4, -0.2) is 79.3 Å². The zero-order valence-electron chi connectivity index (χ0n) is 19.3. The Morgan fingerprint density at radius 3 is 2.53 bits per heavy atom. The Labute approximate surface area is 196 Å². The van der Waals surface area contributed by atoms with Crippen LogP contribution in [0.25, 0.3) is 0 Å². The number of nitrogens with zero attached hydrogens (tertiary/aromatic N) is 2. The van der Waals surface area contributed by atoms with E-state index in [1.165, 1.54) is 14.2 Å². The lowest BCUT2D eigenvalue weighted by Crippen LogP contribution is -2.75. The molecule has 5 atom stereocenters. The van der Waals surface area contributed by atoms with Gasteiger partial charge in [0.05, 0.1) is 27.0 Å². The highest BCUT2D eigenvalue weighted by Gasteiger charge is 2.75. The molecule has 1 saturated heterocycles. The molecule has 10 heteroatoms. The number of rotatable bonds is 3. The third-order valence-electron chi connectivity index (χ3n) is 8.39. The van der Waals surface area contributed by atoms with Crippen molar-refractivity contribution in [3.8, 4) is 5.75 Å². The average molecular weight is 472 g/mol. The summed E-state index contributed by atoms with van der Waals surface area (Å²) in [5, 5.41) is 22.6. The summed E-state index contributed by atoms with van der Waals surface area (Å²) in [6, 6.07) is 4.70. The molecule has 3 heterocycles. The summed E-state index contributed by atoms with van der Waals surface area (Å²) in [4.78, 5) is 42.3. The van der Waals surface area contributed by atoms with E-state index in [1.54, 1.807) is 18.2 Å². The summed E-state index contributed by atoms with van der Waals surface area (Å²) >= 11 is 0. The Balaban J connectivity index is 1.89. The minimum atomic E-state index is -2.43. The fourth-order valence-electron chi connectivity index (χ4n) is 7.27. The number of aliphatic hydroxyl groups is 1. The number of anilines is 1. The molecule has 2 fully saturated rings. The van der Waals surface area contributed by atoms with Crippen LogP contribution in [0.2, 0.25) is 0 Å². The maximum Gasteiger partial charge on any atom is 0.417 e. The number of carboxylic acids is 1. The van der Waals surface area contributed by atoms with Crippen molar-refractivity contribution >= 4 is 23.7 Å². The van der Waals surface area contributed by atoms with E-state index >= 15 is 0 Å². The van der Waals surface area contributed by atoms with E-state index in [4.69, 9.17) is 14.2 Å². The van der Waals surface area contributed by atoms with Crippen LogP contribution in [0.15, 0.2) is 30.4 Å². The van der Waals surface area contributed by atoms with E-state index < -0.39 is 46.5 Å². The Morgan fingerprint density at radius 1 is 1.12 bits per heavy atom. The lowest BCUT2D eigenvalue weighted by atomic mass is 9.47. The highest BCUT2D eigenvalue weighted by molar-refractivity contribution is 6.02. The number of carbonyl (C=O) groups excluding carboxylic acids is 2. The zero-order valence-corrected chi connectivity index (χ0v) is 19.3. The van der Waals surface area contributed by atoms with Gasteiger partial charge in [-0.3, -0.25) is 9.69 Å². The van der Waals surface area contributed by atoms with Crippen molar-refractivity contribution in [2.24, 2.45) is 11.3 Å². The highest BCUT2D eigenvalue weighted by atomic mass is 16.6. The van der Waals surface area contributed by atoms with Gasteiger partial charge in [-0.15, -0.1) is 0 Å². The van der Waals surface area contributed by atoms with Crippen LogP contribution in [0.5, 0.6) is 5.75 Å². The van der Waals surface area contributed by atoms with Crippen LogP contribution in [-0.2, 0) is 24.5 Å². The fourth-order valence-corrected chi connectivity index (χ4v) is 7.27. The maximum absolute atomic E-state index is 13.3. The largest absolute Gasteiger partial charge is 0.495 e. The second-order valence-corrected chi connectivity index (χ2v) is 9.41. The Morgan fingerprint density at radius 2 is 1.88 bits per heavy atom. The molecule has 4 aliphatic rings. The van der Waals surface area contributed by atoms with E-state index in [0.29, 0.717) is 25.1 Å². The zero-order chi connectivity index (χ0) is 24.5. The minimum Gasteiger partial charge on any atom is -0.495 e. The van der Waals surface area contributed by atoms with Gasteiger partial charge in [0, 0.05) is 23.9 Å². The number of ether oxygens (including phenoxy) is 3. The molecular weight excluding hydrogens is 444 g/mol. The first-order valence-electron chi connectivity index (χ1n) is 11.3. The normalized spacial score (nSPS) is 35.6. The second-order valence-electron chi connectivity index (χ2n) is 9.41. The van der Waals surface area contributed by atoms with Crippen LogP contribution in [0.4, 0.5) is 10.5 Å². The van der Waals surface area contributed by atoms with Crippen LogP contribution in [0, 0.1) is 11.3 Å². The smallest absolute Gasteiger partial charge is 0.417 e. The van der Waals surface area contributed by atoms with Gasteiger partial charge in [-0.1, -0.05) is 24.3 Å². The van der Waals surface area contributed by atoms with Gasteiger partial charge in [0.1, 0.15) is 11.2 Å². The van der Waals surface area contributed by atoms with E-state index in [9.17, 15) is 24.6 Å². The molecule has 5 rings (SSSR count). The first kappa shape index (κ1) is 22.7. The van der Waals surface area contributed by atoms with Crippen molar-refractivity contribution in [1.29, 1.82) is 0 Å². The molecule has 10 nitrogen and oxygen atoms in total. The Bertz CT molecular complexity index is 1100. The number of methoxy groups -OCH3 is 3. The number of carboxylic acid groups (broad SMARTS) is 1. The van der Waals surface area contributed by atoms with Crippen molar-refractivity contribution < 1.29 is 38.8 Å². The molecule has 0 unspecified atom stereocenters. The number of hydrogen-bond acceptors (Lipinski definition) is 8. The second kappa shape index (κ2) is 7.44.